The van der Waals surface area contributed by atoms with Crippen LogP contribution >= 0.6 is 0 Å². The van der Waals surface area contributed by atoms with Gasteiger partial charge in [-0.3, -0.25) is 50.0 Å². The fourth-order valence-electron chi connectivity index (χ4n) is 4.70. The lowest BCUT2D eigenvalue weighted by molar-refractivity contribution is -0.459. The second-order valence-electron chi connectivity index (χ2n) is 12.7. The largest absolute Gasteiger partial charge is 0.394 e. The van der Waals surface area contributed by atoms with E-state index in [9.17, 15) is 43.5 Å². The van der Waals surface area contributed by atoms with Crippen molar-refractivity contribution in [2.75, 3.05) is 32.8 Å². The molecule has 0 aromatic rings. The van der Waals surface area contributed by atoms with E-state index in [-0.39, 0.29) is 37.0 Å². The third-order valence-electron chi connectivity index (χ3n) is 7.59. The van der Waals surface area contributed by atoms with Gasteiger partial charge in [0.1, 0.15) is 30.5 Å². The number of aliphatic hydroxyl groups is 1. The highest BCUT2D eigenvalue weighted by Gasteiger charge is 2.30. The summed E-state index contributed by atoms with van der Waals surface area (Å²) < 4.78 is 0. The first kappa shape index (κ1) is 47.1. The van der Waals surface area contributed by atoms with Crippen LogP contribution in [-0.2, 0) is 38.4 Å². The molecule has 0 aliphatic heterocycles. The molecule has 296 valence electrons. The van der Waals surface area contributed by atoms with Crippen LogP contribution in [0.15, 0.2) is 0 Å². The van der Waals surface area contributed by atoms with Gasteiger partial charge >= 0.3 is 5.96 Å². The Kier molecular flexibility index (Phi) is 24.4. The molecule has 0 aliphatic rings. The van der Waals surface area contributed by atoms with Crippen LogP contribution in [0.2, 0.25) is 0 Å². The SMILES string of the molecule is CC(=O)NCCCC[C@H](NC(=O)[C@@H](NC(=O)CNC(=O)[C@H](CCCCNC(C)=O)NC(=O)[C@@H](N)CCC[NH+]=C(N)N)C(C)C)C(=O)N[C@H](C=O)CO. The van der Waals surface area contributed by atoms with Crippen molar-refractivity contribution < 1.29 is 48.5 Å². The number of hydrogen-bond acceptors (Lipinski definition) is 10. The number of unbranched alkanes of at least 4 members (excludes halogenated alkanes) is 2. The molecule has 0 bridgehead atoms. The normalized spacial score (nSPS) is 13.6. The highest BCUT2D eigenvalue weighted by Crippen LogP contribution is 2.07. The molecule has 7 amide bonds. The number of nitrogens with two attached hydrogens (primary N) is 3. The zero-order valence-corrected chi connectivity index (χ0v) is 30.7. The molecule has 0 fully saturated rings. The van der Waals surface area contributed by atoms with E-state index < -0.39 is 78.8 Å². The number of aliphatic hydroxyl groups excluding tert-OH is 1. The molecule has 0 saturated heterocycles. The van der Waals surface area contributed by atoms with Gasteiger partial charge in [-0.1, -0.05) is 13.8 Å². The fraction of sp³-hybridized carbons (Fsp3) is 0.719. The summed E-state index contributed by atoms with van der Waals surface area (Å²) >= 11 is 0. The van der Waals surface area contributed by atoms with Gasteiger partial charge in [0.2, 0.25) is 41.4 Å². The van der Waals surface area contributed by atoms with Gasteiger partial charge in [0.15, 0.2) is 0 Å². The first-order valence-corrected chi connectivity index (χ1v) is 17.4. The molecule has 20 heteroatoms. The molecule has 0 heterocycles. The van der Waals surface area contributed by atoms with Crippen molar-refractivity contribution in [2.45, 2.75) is 109 Å². The minimum absolute atomic E-state index is 0.0320. The summed E-state index contributed by atoms with van der Waals surface area (Å²) in [6.45, 7) is 5.97. The van der Waals surface area contributed by atoms with Crippen molar-refractivity contribution in [1.82, 2.24) is 37.2 Å². The van der Waals surface area contributed by atoms with Gasteiger partial charge in [-0.15, -0.1) is 0 Å². The zero-order chi connectivity index (χ0) is 39.6. The summed E-state index contributed by atoms with van der Waals surface area (Å²) in [7, 11) is 0. The van der Waals surface area contributed by atoms with E-state index in [1.807, 2.05) is 0 Å². The first-order chi connectivity index (χ1) is 24.5. The molecule has 20 nitrogen and oxygen atoms in total. The van der Waals surface area contributed by atoms with Crippen LogP contribution < -0.4 is 59.4 Å². The molecule has 52 heavy (non-hydrogen) atoms. The fourth-order valence-corrected chi connectivity index (χ4v) is 4.70. The van der Waals surface area contributed by atoms with E-state index in [0.29, 0.717) is 58.0 Å². The van der Waals surface area contributed by atoms with E-state index >= 15 is 0 Å². The molecule has 0 spiro atoms. The standard InChI is InChI=1S/C32H59N11O9/c1-19(2)27(31(52)42-25(12-6-8-14-37-21(4)47)30(51)40-22(17-44)18-45)43-26(48)16-39-29(50)24(11-5-7-13-36-20(3)46)41-28(49)23(33)10-9-15-38-32(34)35/h17,19,22-25,27,45H,5-16,18,33H2,1-4H3,(H,36,46)(H,37,47)(H,39,50)(H,40,51)(H,41,49)(H,42,52)(H,43,48)(H4,34,35,38)/p+1/t22-,23+,24+,25+,27+/m1/s1. The van der Waals surface area contributed by atoms with Crippen LogP contribution in [0.3, 0.4) is 0 Å². The van der Waals surface area contributed by atoms with Gasteiger partial charge < -0.3 is 52.9 Å². The maximum Gasteiger partial charge on any atom is 0.338 e. The van der Waals surface area contributed by atoms with Crippen LogP contribution in [0.4, 0.5) is 0 Å². The smallest absolute Gasteiger partial charge is 0.338 e. The lowest BCUT2D eigenvalue weighted by Crippen LogP contribution is -2.78. The van der Waals surface area contributed by atoms with Gasteiger partial charge in [-0.25, -0.2) is 0 Å². The summed E-state index contributed by atoms with van der Waals surface area (Å²) in [6.07, 6.45) is 3.25. The molecule has 0 aromatic carbocycles. The Labute approximate surface area is 304 Å². The average Bonchev–Trinajstić information content (AvgIpc) is 3.07. The Morgan fingerprint density at radius 3 is 1.71 bits per heavy atom. The third-order valence-corrected chi connectivity index (χ3v) is 7.59. The molecular formula is C32H60N11O9+. The Morgan fingerprint density at radius 1 is 0.692 bits per heavy atom. The summed E-state index contributed by atoms with van der Waals surface area (Å²) in [6, 6.07) is -5.46. The van der Waals surface area contributed by atoms with Gasteiger partial charge in [-0.2, -0.15) is 0 Å². The van der Waals surface area contributed by atoms with Crippen molar-refractivity contribution in [2.24, 2.45) is 23.1 Å². The topological polar surface area (TPSA) is 333 Å². The van der Waals surface area contributed by atoms with Crippen LogP contribution in [0.1, 0.15) is 79.1 Å². The number of hydrogen-bond donors (Lipinski definition) is 12. The van der Waals surface area contributed by atoms with E-state index in [4.69, 9.17) is 17.2 Å². The first-order valence-electron chi connectivity index (χ1n) is 17.4. The number of nitrogens with one attached hydrogen (secondary N) is 8. The molecule has 0 aromatic heterocycles. The van der Waals surface area contributed by atoms with E-state index in [2.05, 4.69) is 42.2 Å². The van der Waals surface area contributed by atoms with E-state index in [1.165, 1.54) is 13.8 Å². The molecule has 0 rings (SSSR count). The maximum absolute atomic E-state index is 13.3. The quantitative estimate of drug-likeness (QED) is 0.0162. The van der Waals surface area contributed by atoms with Crippen molar-refractivity contribution in [1.29, 1.82) is 0 Å². The van der Waals surface area contributed by atoms with Gasteiger partial charge in [0.25, 0.3) is 0 Å². The molecule has 0 radical (unpaired) electrons. The van der Waals surface area contributed by atoms with Crippen molar-refractivity contribution in [3.63, 3.8) is 0 Å². The zero-order valence-electron chi connectivity index (χ0n) is 30.7. The van der Waals surface area contributed by atoms with Crippen LogP contribution in [-0.4, -0.2) is 122 Å². The van der Waals surface area contributed by atoms with Crippen LogP contribution in [0, 0.1) is 5.92 Å². The van der Waals surface area contributed by atoms with Crippen molar-refractivity contribution >= 4 is 53.6 Å². The lowest BCUT2D eigenvalue weighted by atomic mass is 10.0. The molecule has 0 unspecified atom stereocenters. The second kappa shape index (κ2) is 26.9. The third kappa shape index (κ3) is 22.1. The number of aldehydes is 1. The van der Waals surface area contributed by atoms with Gasteiger partial charge in [0.05, 0.1) is 25.7 Å². The van der Waals surface area contributed by atoms with Gasteiger partial charge in [-0.05, 0) is 57.3 Å². The van der Waals surface area contributed by atoms with Crippen molar-refractivity contribution in [3.05, 3.63) is 0 Å². The Balaban J connectivity index is 5.53. The molecular weight excluding hydrogens is 682 g/mol. The second-order valence-corrected chi connectivity index (χ2v) is 12.7. The molecule has 0 aliphatic carbocycles. The molecule has 15 N–H and O–H groups in total. The maximum atomic E-state index is 13.3. The Hall–Kier alpha value is -4.85. The summed E-state index contributed by atoms with van der Waals surface area (Å²) in [4.78, 5) is 101. The summed E-state index contributed by atoms with van der Waals surface area (Å²) in [5.41, 5.74) is 16.7. The average molecular weight is 743 g/mol. The Morgan fingerprint density at radius 2 is 1.23 bits per heavy atom. The minimum atomic E-state index is -1.19. The predicted octanol–water partition coefficient (Wildman–Crippen LogP) is -6.04. The van der Waals surface area contributed by atoms with Crippen LogP contribution in [0.25, 0.3) is 0 Å². The van der Waals surface area contributed by atoms with E-state index in [0.717, 1.165) is 0 Å². The number of rotatable bonds is 27. The van der Waals surface area contributed by atoms with Crippen molar-refractivity contribution in [3.8, 4) is 0 Å². The number of amides is 7. The Bertz CT molecular complexity index is 1210. The monoisotopic (exact) mass is 742 g/mol. The molecule has 5 atom stereocenters. The summed E-state index contributed by atoms with van der Waals surface area (Å²) in [5.74, 6) is -4.26. The van der Waals surface area contributed by atoms with Gasteiger partial charge in [0, 0.05) is 26.9 Å². The minimum Gasteiger partial charge on any atom is -0.394 e. The highest BCUT2D eigenvalue weighted by atomic mass is 16.3. The number of carbonyl (C=O) groups excluding carboxylic acids is 8. The van der Waals surface area contributed by atoms with Crippen LogP contribution in [0.5, 0.6) is 0 Å². The number of guanidine groups is 1. The lowest BCUT2D eigenvalue weighted by Gasteiger charge is -2.26. The predicted molar refractivity (Wildman–Crippen MR) is 190 cm³/mol. The number of carbonyl (C=O) groups is 8. The molecule has 0 saturated carbocycles. The summed E-state index contributed by atoms with van der Waals surface area (Å²) in [5, 5.41) is 27.2. The van der Waals surface area contributed by atoms with E-state index in [1.54, 1.807) is 13.8 Å². The highest BCUT2D eigenvalue weighted by molar-refractivity contribution is 5.95.